The summed E-state index contributed by atoms with van der Waals surface area (Å²) in [5.41, 5.74) is 0. The molecule has 1 heterocycles. The molecule has 0 fully saturated rings. The molecule has 0 saturated carbocycles. The molecule has 4 nitrogen and oxygen atoms in total. The molecule has 102 valence electrons. The molecular weight excluding hydrogens is 250 g/mol. The molecule has 1 aromatic rings. The zero-order chi connectivity index (χ0) is 13.4. The van der Waals surface area contributed by atoms with E-state index < -0.39 is 0 Å². The summed E-state index contributed by atoms with van der Waals surface area (Å²) in [6, 6.07) is 3.97. The predicted molar refractivity (Wildman–Crippen MR) is 73.4 cm³/mol. The van der Waals surface area contributed by atoms with Crippen LogP contribution in [0.1, 0.15) is 16.6 Å². The maximum atomic E-state index is 12.1. The summed E-state index contributed by atoms with van der Waals surface area (Å²) in [5.74, 6) is 0.157. The number of Topliss-reactive ketones (excluding diaryl/α,β-unsaturated/α-hetero) is 1. The van der Waals surface area contributed by atoms with Crippen molar-refractivity contribution < 1.29 is 14.3 Å². The number of hydrogen-bond donors (Lipinski definition) is 0. The molecule has 0 bridgehead atoms. The molecule has 0 N–H and O–H groups in total. The van der Waals surface area contributed by atoms with Gasteiger partial charge in [0.15, 0.2) is 5.78 Å². The smallest absolute Gasteiger partial charge is 0.186 e. The lowest BCUT2D eigenvalue weighted by atomic mass is 10.2. The minimum atomic E-state index is 0.157. The van der Waals surface area contributed by atoms with E-state index in [1.54, 1.807) is 14.2 Å². The van der Waals surface area contributed by atoms with E-state index in [1.807, 2.05) is 17.5 Å². The molecule has 5 heteroatoms. The molecule has 0 amide bonds. The van der Waals surface area contributed by atoms with Gasteiger partial charge in [0.1, 0.15) is 0 Å². The van der Waals surface area contributed by atoms with Gasteiger partial charge in [-0.3, -0.25) is 9.69 Å². The van der Waals surface area contributed by atoms with Crippen LogP contribution in [0.2, 0.25) is 0 Å². The molecule has 0 aliphatic heterocycles. The molecule has 0 aliphatic rings. The van der Waals surface area contributed by atoms with E-state index in [-0.39, 0.29) is 11.8 Å². The van der Waals surface area contributed by atoms with Crippen LogP contribution in [-0.4, -0.2) is 57.2 Å². The van der Waals surface area contributed by atoms with Crippen LogP contribution in [0.4, 0.5) is 0 Å². The predicted octanol–water partition coefficient (Wildman–Crippen LogP) is 1.91. The first-order valence-corrected chi connectivity index (χ1v) is 6.85. The Bertz CT molecular complexity index is 340. The van der Waals surface area contributed by atoms with E-state index in [0.717, 1.165) is 11.4 Å². The molecular formula is C13H21NO3S. The van der Waals surface area contributed by atoms with E-state index >= 15 is 0 Å². The minimum absolute atomic E-state index is 0.157. The third kappa shape index (κ3) is 4.86. The van der Waals surface area contributed by atoms with Crippen molar-refractivity contribution in [3.8, 4) is 0 Å². The van der Waals surface area contributed by atoms with E-state index in [0.29, 0.717) is 19.8 Å². The molecule has 1 rings (SSSR count). The summed E-state index contributed by atoms with van der Waals surface area (Å²) in [6.07, 6.45) is 0. The van der Waals surface area contributed by atoms with Crippen LogP contribution in [0.5, 0.6) is 0 Å². The number of ether oxygens (including phenoxy) is 2. The molecule has 0 saturated heterocycles. The number of carbonyl (C=O) groups is 1. The van der Waals surface area contributed by atoms with Gasteiger partial charge in [0.2, 0.25) is 0 Å². The average Bonchev–Trinajstić information content (AvgIpc) is 2.88. The van der Waals surface area contributed by atoms with Gasteiger partial charge in [0.25, 0.3) is 0 Å². The number of hydrogen-bond acceptors (Lipinski definition) is 5. The highest BCUT2D eigenvalue weighted by Gasteiger charge is 2.18. The molecule has 0 spiro atoms. The number of rotatable bonds is 9. The van der Waals surface area contributed by atoms with Gasteiger partial charge in [0.05, 0.1) is 24.6 Å². The lowest BCUT2D eigenvalue weighted by molar-refractivity contribution is 0.0653. The van der Waals surface area contributed by atoms with E-state index in [1.165, 1.54) is 11.3 Å². The van der Waals surface area contributed by atoms with Gasteiger partial charge in [-0.05, 0) is 18.4 Å². The summed E-state index contributed by atoms with van der Waals surface area (Å²) < 4.78 is 10.2. The third-order valence-corrected chi connectivity index (χ3v) is 3.67. The van der Waals surface area contributed by atoms with Crippen LogP contribution in [0.25, 0.3) is 0 Å². The second-order valence-corrected chi connectivity index (χ2v) is 5.12. The van der Waals surface area contributed by atoms with Crippen LogP contribution < -0.4 is 0 Å². The SMILES string of the molecule is COCCN(CC(=O)c1cccs1)C(C)COC. The second kappa shape index (κ2) is 8.37. The number of ketones is 1. The second-order valence-electron chi connectivity index (χ2n) is 4.17. The Balaban J connectivity index is 2.56. The van der Waals surface area contributed by atoms with Crippen molar-refractivity contribution >= 4 is 17.1 Å². The van der Waals surface area contributed by atoms with Crippen molar-refractivity contribution in [3.63, 3.8) is 0 Å². The van der Waals surface area contributed by atoms with E-state index in [2.05, 4.69) is 11.8 Å². The lowest BCUT2D eigenvalue weighted by Gasteiger charge is -2.27. The molecule has 0 radical (unpaired) electrons. The van der Waals surface area contributed by atoms with E-state index in [9.17, 15) is 4.79 Å². The first kappa shape index (κ1) is 15.3. The Morgan fingerprint density at radius 3 is 2.78 bits per heavy atom. The van der Waals surface area contributed by atoms with Gasteiger partial charge >= 0.3 is 0 Å². The Kier molecular flexibility index (Phi) is 7.12. The first-order chi connectivity index (χ1) is 8.69. The van der Waals surface area contributed by atoms with Crippen LogP contribution in [0.3, 0.4) is 0 Å². The maximum Gasteiger partial charge on any atom is 0.186 e. The van der Waals surface area contributed by atoms with Gasteiger partial charge < -0.3 is 9.47 Å². The standard InChI is InChI=1S/C13H21NO3S/c1-11(10-17-3)14(6-7-16-2)9-12(15)13-5-4-8-18-13/h4-5,8,11H,6-7,9-10H2,1-3H3. The average molecular weight is 271 g/mol. The van der Waals surface area contributed by atoms with Crippen LogP contribution in [0.15, 0.2) is 17.5 Å². The van der Waals surface area contributed by atoms with Gasteiger partial charge in [0, 0.05) is 26.8 Å². The normalized spacial score (nSPS) is 12.9. The fourth-order valence-corrected chi connectivity index (χ4v) is 2.37. The molecule has 1 unspecified atom stereocenters. The van der Waals surface area contributed by atoms with Crippen molar-refractivity contribution in [2.75, 3.05) is 40.5 Å². The third-order valence-electron chi connectivity index (χ3n) is 2.76. The maximum absolute atomic E-state index is 12.1. The first-order valence-electron chi connectivity index (χ1n) is 5.97. The number of methoxy groups -OCH3 is 2. The van der Waals surface area contributed by atoms with Crippen LogP contribution in [-0.2, 0) is 9.47 Å². The van der Waals surface area contributed by atoms with Crippen molar-refractivity contribution in [3.05, 3.63) is 22.4 Å². The van der Waals surface area contributed by atoms with Crippen molar-refractivity contribution in [2.24, 2.45) is 0 Å². The van der Waals surface area contributed by atoms with Crippen LogP contribution >= 0.6 is 11.3 Å². The zero-order valence-electron chi connectivity index (χ0n) is 11.2. The molecule has 0 aromatic carbocycles. The Hall–Kier alpha value is -0.750. The Morgan fingerprint density at radius 1 is 1.44 bits per heavy atom. The highest BCUT2D eigenvalue weighted by Crippen LogP contribution is 2.11. The van der Waals surface area contributed by atoms with Gasteiger partial charge in [-0.2, -0.15) is 0 Å². The fraction of sp³-hybridized carbons (Fsp3) is 0.615. The van der Waals surface area contributed by atoms with Crippen molar-refractivity contribution in [2.45, 2.75) is 13.0 Å². The lowest BCUT2D eigenvalue weighted by Crippen LogP contribution is -2.41. The van der Waals surface area contributed by atoms with Crippen molar-refractivity contribution in [1.82, 2.24) is 4.90 Å². The summed E-state index contributed by atoms with van der Waals surface area (Å²) in [5, 5.41) is 1.92. The summed E-state index contributed by atoms with van der Waals surface area (Å²) in [4.78, 5) is 15.0. The van der Waals surface area contributed by atoms with E-state index in [4.69, 9.17) is 9.47 Å². The Morgan fingerprint density at radius 2 is 2.22 bits per heavy atom. The highest BCUT2D eigenvalue weighted by molar-refractivity contribution is 7.12. The monoisotopic (exact) mass is 271 g/mol. The summed E-state index contributed by atoms with van der Waals surface area (Å²) in [7, 11) is 3.34. The zero-order valence-corrected chi connectivity index (χ0v) is 12.0. The topological polar surface area (TPSA) is 38.8 Å². The van der Waals surface area contributed by atoms with Gasteiger partial charge in [-0.15, -0.1) is 11.3 Å². The molecule has 18 heavy (non-hydrogen) atoms. The molecule has 1 aromatic heterocycles. The molecule has 1 atom stereocenters. The van der Waals surface area contributed by atoms with Gasteiger partial charge in [-0.1, -0.05) is 6.07 Å². The largest absolute Gasteiger partial charge is 0.383 e. The number of nitrogens with zero attached hydrogens (tertiary/aromatic N) is 1. The molecule has 0 aliphatic carbocycles. The Labute approximate surface area is 113 Å². The van der Waals surface area contributed by atoms with Crippen molar-refractivity contribution in [1.29, 1.82) is 0 Å². The number of carbonyl (C=O) groups excluding carboxylic acids is 1. The number of thiophene rings is 1. The van der Waals surface area contributed by atoms with Crippen LogP contribution in [0, 0.1) is 0 Å². The summed E-state index contributed by atoms with van der Waals surface area (Å²) >= 11 is 1.48. The minimum Gasteiger partial charge on any atom is -0.383 e. The quantitative estimate of drug-likeness (QED) is 0.643. The van der Waals surface area contributed by atoms with Gasteiger partial charge in [-0.25, -0.2) is 0 Å². The highest BCUT2D eigenvalue weighted by atomic mass is 32.1. The summed E-state index contributed by atoms with van der Waals surface area (Å²) in [6.45, 7) is 4.43. The fourth-order valence-electron chi connectivity index (χ4n) is 1.71.